The number of hydrogen-bond donors (Lipinski definition) is 1. The van der Waals surface area contributed by atoms with Gasteiger partial charge in [-0.1, -0.05) is 18.2 Å². The highest BCUT2D eigenvalue weighted by molar-refractivity contribution is 5.82. The second kappa shape index (κ2) is 4.14. The van der Waals surface area contributed by atoms with Gasteiger partial charge in [0.2, 0.25) is 0 Å². The molecule has 1 saturated heterocycles. The molecule has 1 aliphatic rings. The highest BCUT2D eigenvalue weighted by Gasteiger charge is 2.33. The van der Waals surface area contributed by atoms with E-state index in [-0.39, 0.29) is 5.92 Å². The zero-order chi connectivity index (χ0) is 12.7. The Bertz CT molecular complexity index is 596. The molecule has 2 heterocycles. The summed E-state index contributed by atoms with van der Waals surface area (Å²) in [6.07, 6.45) is 0. The first-order valence-corrected chi connectivity index (χ1v) is 6.07. The number of fused-ring (bicyclic) bond motifs is 1. The van der Waals surface area contributed by atoms with E-state index >= 15 is 0 Å². The number of carboxylic acids is 1. The fourth-order valence-corrected chi connectivity index (χ4v) is 2.50. The van der Waals surface area contributed by atoms with Crippen molar-refractivity contribution in [3.8, 4) is 0 Å². The first kappa shape index (κ1) is 11.3. The smallest absolute Gasteiger partial charge is 0.309 e. The first-order valence-electron chi connectivity index (χ1n) is 6.07. The number of carboxylic acid groups (broad SMARTS) is 1. The van der Waals surface area contributed by atoms with Crippen LogP contribution in [0.4, 0.5) is 0 Å². The number of carbonyl (C=O) groups is 1. The fourth-order valence-electron chi connectivity index (χ4n) is 2.50. The van der Waals surface area contributed by atoms with Gasteiger partial charge < -0.3 is 9.52 Å². The van der Waals surface area contributed by atoms with Crippen LogP contribution in [-0.2, 0) is 11.3 Å². The Hall–Kier alpha value is -1.81. The van der Waals surface area contributed by atoms with E-state index in [4.69, 9.17) is 9.52 Å². The van der Waals surface area contributed by atoms with Gasteiger partial charge in [0.1, 0.15) is 11.3 Å². The van der Waals surface area contributed by atoms with Gasteiger partial charge >= 0.3 is 5.97 Å². The van der Waals surface area contributed by atoms with Crippen LogP contribution in [0.1, 0.15) is 11.3 Å². The number of hydrogen-bond acceptors (Lipinski definition) is 3. The maximum absolute atomic E-state index is 10.8. The van der Waals surface area contributed by atoms with Gasteiger partial charge in [-0.05, 0) is 13.0 Å². The van der Waals surface area contributed by atoms with Crippen LogP contribution >= 0.6 is 0 Å². The largest absolute Gasteiger partial charge is 0.481 e. The second-order valence-electron chi connectivity index (χ2n) is 4.86. The lowest BCUT2D eigenvalue weighted by molar-refractivity contribution is -0.147. The minimum Gasteiger partial charge on any atom is -0.481 e. The SMILES string of the molecule is Cc1oc2ccccc2c1CN1CC(C(=O)O)C1. The van der Waals surface area contributed by atoms with Crippen molar-refractivity contribution in [1.29, 1.82) is 0 Å². The molecule has 0 saturated carbocycles. The molecule has 0 atom stereocenters. The molecule has 1 N–H and O–H groups in total. The van der Waals surface area contributed by atoms with E-state index in [0.29, 0.717) is 13.1 Å². The molecule has 3 rings (SSSR count). The van der Waals surface area contributed by atoms with E-state index in [1.165, 1.54) is 5.56 Å². The third-order valence-electron chi connectivity index (χ3n) is 3.59. The van der Waals surface area contributed by atoms with Crippen LogP contribution in [0.2, 0.25) is 0 Å². The Morgan fingerprint density at radius 3 is 2.89 bits per heavy atom. The normalized spacial score (nSPS) is 16.9. The van der Waals surface area contributed by atoms with Crippen molar-refractivity contribution in [3.63, 3.8) is 0 Å². The lowest BCUT2D eigenvalue weighted by atomic mass is 9.99. The number of aliphatic carboxylic acids is 1. The molecule has 4 nitrogen and oxygen atoms in total. The van der Waals surface area contributed by atoms with Crippen LogP contribution in [0, 0.1) is 12.8 Å². The zero-order valence-electron chi connectivity index (χ0n) is 10.2. The Morgan fingerprint density at radius 2 is 2.17 bits per heavy atom. The third-order valence-corrected chi connectivity index (χ3v) is 3.59. The number of furan rings is 1. The van der Waals surface area contributed by atoms with Crippen molar-refractivity contribution >= 4 is 16.9 Å². The van der Waals surface area contributed by atoms with E-state index in [0.717, 1.165) is 23.3 Å². The number of rotatable bonds is 3. The fraction of sp³-hybridized carbons (Fsp3) is 0.357. The van der Waals surface area contributed by atoms with Crippen LogP contribution < -0.4 is 0 Å². The second-order valence-corrected chi connectivity index (χ2v) is 4.86. The third kappa shape index (κ3) is 1.78. The molecule has 94 valence electrons. The standard InChI is InChI=1S/C14H15NO3/c1-9-12(8-15-6-10(7-15)14(16)17)11-4-2-3-5-13(11)18-9/h2-5,10H,6-8H2,1H3,(H,16,17). The van der Waals surface area contributed by atoms with E-state index < -0.39 is 5.97 Å². The van der Waals surface area contributed by atoms with Gasteiger partial charge in [0.15, 0.2) is 0 Å². The molecule has 2 aromatic rings. The molecule has 4 heteroatoms. The molecule has 0 spiro atoms. The lowest BCUT2D eigenvalue weighted by Gasteiger charge is -2.36. The number of likely N-dealkylation sites (tertiary alicyclic amines) is 1. The van der Waals surface area contributed by atoms with Crippen LogP contribution in [0.15, 0.2) is 28.7 Å². The number of aryl methyl sites for hydroxylation is 1. The summed E-state index contributed by atoms with van der Waals surface area (Å²) >= 11 is 0. The van der Waals surface area contributed by atoms with Crippen molar-refractivity contribution in [3.05, 3.63) is 35.6 Å². The highest BCUT2D eigenvalue weighted by Crippen LogP contribution is 2.28. The summed E-state index contributed by atoms with van der Waals surface area (Å²) in [7, 11) is 0. The van der Waals surface area contributed by atoms with E-state index in [9.17, 15) is 4.79 Å². The van der Waals surface area contributed by atoms with Crippen molar-refractivity contribution in [2.45, 2.75) is 13.5 Å². The van der Waals surface area contributed by atoms with Crippen LogP contribution in [0.3, 0.4) is 0 Å². The minimum atomic E-state index is -0.694. The number of benzene rings is 1. The molecular formula is C14H15NO3. The van der Waals surface area contributed by atoms with Crippen molar-refractivity contribution < 1.29 is 14.3 Å². The maximum Gasteiger partial charge on any atom is 0.309 e. The quantitative estimate of drug-likeness (QED) is 0.901. The average molecular weight is 245 g/mol. The summed E-state index contributed by atoms with van der Waals surface area (Å²) < 4.78 is 5.70. The lowest BCUT2D eigenvalue weighted by Crippen LogP contribution is -2.49. The Labute approximate surface area is 105 Å². The summed E-state index contributed by atoms with van der Waals surface area (Å²) in [5, 5.41) is 9.99. The number of para-hydroxylation sites is 1. The molecule has 18 heavy (non-hydrogen) atoms. The van der Waals surface area contributed by atoms with Crippen LogP contribution in [-0.4, -0.2) is 29.1 Å². The molecule has 1 aromatic carbocycles. The van der Waals surface area contributed by atoms with Gasteiger partial charge in [0.05, 0.1) is 5.92 Å². The predicted molar refractivity (Wildman–Crippen MR) is 67.4 cm³/mol. The Kier molecular flexibility index (Phi) is 2.59. The van der Waals surface area contributed by atoms with Gasteiger partial charge in [-0.2, -0.15) is 0 Å². The zero-order valence-corrected chi connectivity index (χ0v) is 10.2. The van der Waals surface area contributed by atoms with Gasteiger partial charge in [-0.15, -0.1) is 0 Å². The summed E-state index contributed by atoms with van der Waals surface area (Å²) in [6.45, 7) is 4.00. The minimum absolute atomic E-state index is 0.205. The molecule has 0 amide bonds. The maximum atomic E-state index is 10.8. The Morgan fingerprint density at radius 1 is 1.44 bits per heavy atom. The van der Waals surface area contributed by atoms with Gasteiger partial charge in [0, 0.05) is 30.6 Å². The molecule has 0 radical (unpaired) electrons. The summed E-state index contributed by atoms with van der Waals surface area (Å²) in [5.74, 6) is 0.0264. The molecular weight excluding hydrogens is 230 g/mol. The van der Waals surface area contributed by atoms with E-state index in [2.05, 4.69) is 11.0 Å². The molecule has 0 unspecified atom stereocenters. The van der Waals surface area contributed by atoms with E-state index in [1.807, 2.05) is 25.1 Å². The van der Waals surface area contributed by atoms with Crippen LogP contribution in [0.25, 0.3) is 11.0 Å². The van der Waals surface area contributed by atoms with Gasteiger partial charge in [0.25, 0.3) is 0 Å². The van der Waals surface area contributed by atoms with Crippen LogP contribution in [0.5, 0.6) is 0 Å². The molecule has 1 fully saturated rings. The summed E-state index contributed by atoms with van der Waals surface area (Å²) in [4.78, 5) is 12.9. The van der Waals surface area contributed by atoms with Crippen molar-refractivity contribution in [2.75, 3.05) is 13.1 Å². The van der Waals surface area contributed by atoms with Gasteiger partial charge in [-0.25, -0.2) is 0 Å². The molecule has 0 aliphatic carbocycles. The van der Waals surface area contributed by atoms with Gasteiger partial charge in [-0.3, -0.25) is 9.69 Å². The summed E-state index contributed by atoms with van der Waals surface area (Å²) in [6, 6.07) is 7.97. The molecule has 0 bridgehead atoms. The number of nitrogens with zero attached hydrogens (tertiary/aromatic N) is 1. The van der Waals surface area contributed by atoms with Crippen molar-refractivity contribution in [2.24, 2.45) is 5.92 Å². The predicted octanol–water partition coefficient (Wildman–Crippen LogP) is 2.26. The topological polar surface area (TPSA) is 53.7 Å². The van der Waals surface area contributed by atoms with Crippen molar-refractivity contribution in [1.82, 2.24) is 4.90 Å². The Balaban J connectivity index is 1.80. The molecule has 1 aromatic heterocycles. The summed E-state index contributed by atoms with van der Waals surface area (Å²) in [5.41, 5.74) is 2.08. The molecule has 1 aliphatic heterocycles. The monoisotopic (exact) mass is 245 g/mol. The highest BCUT2D eigenvalue weighted by atomic mass is 16.4. The average Bonchev–Trinajstić information content (AvgIpc) is 2.58. The first-order chi connectivity index (χ1) is 8.65. The van der Waals surface area contributed by atoms with E-state index in [1.54, 1.807) is 0 Å².